The molecule has 0 aliphatic rings. The minimum atomic E-state index is -3.49. The molecule has 7 heteroatoms. The summed E-state index contributed by atoms with van der Waals surface area (Å²) in [6.07, 6.45) is 2.33. The lowest BCUT2D eigenvalue weighted by Crippen LogP contribution is -2.27. The van der Waals surface area contributed by atoms with Crippen molar-refractivity contribution in [3.63, 3.8) is 0 Å². The molecule has 0 aromatic carbocycles. The molecule has 2 N–H and O–H groups in total. The maximum atomic E-state index is 11.8. The number of pyridine rings is 1. The molecule has 102 valence electrons. The molecule has 1 aromatic heterocycles. The fraction of sp³-hybridized carbons (Fsp3) is 0.545. The molecule has 0 saturated heterocycles. The maximum absolute atomic E-state index is 11.8. The monoisotopic (exact) mass is 273 g/mol. The predicted octanol–water partition coefficient (Wildman–Crippen LogP) is 0.828. The lowest BCUT2D eigenvalue weighted by Gasteiger charge is -2.07. The maximum Gasteiger partial charge on any atom is 0.242 e. The Labute approximate surface area is 108 Å². The van der Waals surface area contributed by atoms with Crippen LogP contribution in [0.15, 0.2) is 23.2 Å². The van der Waals surface area contributed by atoms with E-state index in [1.54, 1.807) is 6.07 Å². The van der Waals surface area contributed by atoms with E-state index in [9.17, 15) is 8.42 Å². The van der Waals surface area contributed by atoms with Gasteiger partial charge in [0.15, 0.2) is 0 Å². The van der Waals surface area contributed by atoms with Crippen molar-refractivity contribution in [2.45, 2.75) is 18.2 Å². The van der Waals surface area contributed by atoms with Crippen LogP contribution in [-0.4, -0.2) is 40.2 Å². The number of anilines is 1. The Morgan fingerprint density at radius 2 is 2.11 bits per heavy atom. The van der Waals surface area contributed by atoms with Gasteiger partial charge in [-0.2, -0.15) is 0 Å². The third kappa shape index (κ3) is 4.59. The molecule has 0 unspecified atom stereocenters. The van der Waals surface area contributed by atoms with Gasteiger partial charge in [-0.3, -0.25) is 0 Å². The minimum absolute atomic E-state index is 0.153. The van der Waals surface area contributed by atoms with E-state index < -0.39 is 10.0 Å². The van der Waals surface area contributed by atoms with Crippen molar-refractivity contribution in [3.05, 3.63) is 18.3 Å². The van der Waals surface area contributed by atoms with Gasteiger partial charge in [-0.15, -0.1) is 0 Å². The summed E-state index contributed by atoms with van der Waals surface area (Å²) in [5, 5.41) is 3.08. The third-order valence-electron chi connectivity index (χ3n) is 2.20. The van der Waals surface area contributed by atoms with Crippen LogP contribution in [0.4, 0.5) is 5.82 Å². The van der Waals surface area contributed by atoms with Crippen LogP contribution in [0.2, 0.25) is 0 Å². The van der Waals surface area contributed by atoms with Crippen molar-refractivity contribution in [1.82, 2.24) is 9.71 Å². The van der Waals surface area contributed by atoms with E-state index >= 15 is 0 Å². The summed E-state index contributed by atoms with van der Waals surface area (Å²) in [7, 11) is -1.97. The Balaban J connectivity index is 2.65. The van der Waals surface area contributed by atoms with Gasteiger partial charge in [-0.1, -0.05) is 6.92 Å². The summed E-state index contributed by atoms with van der Waals surface area (Å²) >= 11 is 0. The fourth-order valence-electron chi connectivity index (χ4n) is 1.26. The summed E-state index contributed by atoms with van der Waals surface area (Å²) in [5.74, 6) is 0.674. The first-order valence-corrected chi connectivity index (χ1v) is 7.27. The molecule has 0 aliphatic carbocycles. The lowest BCUT2D eigenvalue weighted by atomic mass is 10.4. The largest absolute Gasteiger partial charge is 0.383 e. The topological polar surface area (TPSA) is 80.3 Å². The fourth-order valence-corrected chi connectivity index (χ4v) is 2.22. The predicted molar refractivity (Wildman–Crippen MR) is 70.1 cm³/mol. The number of ether oxygens (including phenoxy) is 1. The zero-order valence-electron chi connectivity index (χ0n) is 10.6. The molecule has 0 atom stereocenters. The standard InChI is InChI=1S/C11H19N3O3S/c1-3-6-12-11-5-4-10(9-13-11)18(15,16)14-7-8-17-2/h4-5,9,14H,3,6-8H2,1-2H3,(H,12,13). The number of rotatable bonds is 8. The third-order valence-corrected chi connectivity index (χ3v) is 3.65. The van der Waals surface area contributed by atoms with Gasteiger partial charge in [0.05, 0.1) is 6.61 Å². The van der Waals surface area contributed by atoms with Gasteiger partial charge < -0.3 is 10.1 Å². The van der Waals surface area contributed by atoms with Gasteiger partial charge in [-0.05, 0) is 18.6 Å². The van der Waals surface area contributed by atoms with Crippen LogP contribution in [0.3, 0.4) is 0 Å². The second-order valence-electron chi connectivity index (χ2n) is 3.70. The number of hydrogen-bond donors (Lipinski definition) is 2. The quantitative estimate of drug-likeness (QED) is 0.686. The van der Waals surface area contributed by atoms with E-state index in [0.717, 1.165) is 13.0 Å². The number of nitrogens with one attached hydrogen (secondary N) is 2. The van der Waals surface area contributed by atoms with Crippen LogP contribution < -0.4 is 10.0 Å². The average Bonchev–Trinajstić information content (AvgIpc) is 2.37. The molecule has 0 spiro atoms. The molecule has 18 heavy (non-hydrogen) atoms. The van der Waals surface area contributed by atoms with Crippen molar-refractivity contribution >= 4 is 15.8 Å². The molecule has 1 aromatic rings. The lowest BCUT2D eigenvalue weighted by molar-refractivity contribution is 0.204. The Hall–Kier alpha value is -1.18. The molecular weight excluding hydrogens is 254 g/mol. The number of aromatic nitrogens is 1. The molecule has 0 fully saturated rings. The van der Waals surface area contributed by atoms with Gasteiger partial charge >= 0.3 is 0 Å². The van der Waals surface area contributed by atoms with Crippen LogP contribution in [-0.2, 0) is 14.8 Å². The minimum Gasteiger partial charge on any atom is -0.383 e. The molecule has 0 amide bonds. The highest BCUT2D eigenvalue weighted by atomic mass is 32.2. The number of methoxy groups -OCH3 is 1. The van der Waals surface area contributed by atoms with Crippen molar-refractivity contribution in [3.8, 4) is 0 Å². The molecule has 6 nitrogen and oxygen atoms in total. The molecule has 1 rings (SSSR count). The highest BCUT2D eigenvalue weighted by molar-refractivity contribution is 7.89. The Bertz CT molecular complexity index is 445. The zero-order chi connectivity index (χ0) is 13.4. The number of sulfonamides is 1. The SMILES string of the molecule is CCCNc1ccc(S(=O)(=O)NCCOC)cn1. The van der Waals surface area contributed by atoms with Gasteiger partial charge in [0.1, 0.15) is 10.7 Å². The van der Waals surface area contributed by atoms with Crippen LogP contribution in [0.5, 0.6) is 0 Å². The van der Waals surface area contributed by atoms with Crippen LogP contribution in [0.25, 0.3) is 0 Å². The van der Waals surface area contributed by atoms with Crippen molar-refractivity contribution in [2.24, 2.45) is 0 Å². The molecule has 0 saturated carbocycles. The first-order chi connectivity index (χ1) is 8.60. The molecule has 0 radical (unpaired) electrons. The van der Waals surface area contributed by atoms with Crippen LogP contribution in [0.1, 0.15) is 13.3 Å². The Morgan fingerprint density at radius 1 is 1.33 bits per heavy atom. The first-order valence-electron chi connectivity index (χ1n) is 5.78. The number of hydrogen-bond acceptors (Lipinski definition) is 5. The van der Waals surface area contributed by atoms with E-state index in [1.807, 2.05) is 6.92 Å². The molecule has 0 bridgehead atoms. The summed E-state index contributed by atoms with van der Waals surface area (Å²) in [5.41, 5.74) is 0. The van der Waals surface area contributed by atoms with E-state index in [2.05, 4.69) is 15.0 Å². The van der Waals surface area contributed by atoms with Gasteiger partial charge in [0, 0.05) is 26.4 Å². The molecule has 0 aliphatic heterocycles. The second kappa shape index (κ2) is 7.30. The Morgan fingerprint density at radius 3 is 2.67 bits per heavy atom. The van der Waals surface area contributed by atoms with Gasteiger partial charge in [0.25, 0.3) is 0 Å². The first kappa shape index (κ1) is 14.9. The Kier molecular flexibility index (Phi) is 6.03. The van der Waals surface area contributed by atoms with Gasteiger partial charge in [0.2, 0.25) is 10.0 Å². The molecule has 1 heterocycles. The highest BCUT2D eigenvalue weighted by Crippen LogP contribution is 2.10. The van der Waals surface area contributed by atoms with E-state index in [-0.39, 0.29) is 11.4 Å². The van der Waals surface area contributed by atoms with E-state index in [4.69, 9.17) is 4.74 Å². The summed E-state index contributed by atoms with van der Waals surface area (Å²) in [4.78, 5) is 4.20. The molecular formula is C11H19N3O3S. The zero-order valence-corrected chi connectivity index (χ0v) is 11.5. The van der Waals surface area contributed by atoms with E-state index in [0.29, 0.717) is 12.4 Å². The summed E-state index contributed by atoms with van der Waals surface area (Å²) in [6, 6.07) is 3.18. The summed E-state index contributed by atoms with van der Waals surface area (Å²) < 4.78 is 30.8. The number of nitrogens with zero attached hydrogens (tertiary/aromatic N) is 1. The van der Waals surface area contributed by atoms with Crippen molar-refractivity contribution in [1.29, 1.82) is 0 Å². The highest BCUT2D eigenvalue weighted by Gasteiger charge is 2.13. The smallest absolute Gasteiger partial charge is 0.242 e. The second-order valence-corrected chi connectivity index (χ2v) is 5.46. The van der Waals surface area contributed by atoms with Crippen LogP contribution in [0, 0.1) is 0 Å². The summed E-state index contributed by atoms with van der Waals surface area (Å²) in [6.45, 7) is 3.44. The van der Waals surface area contributed by atoms with Crippen LogP contribution >= 0.6 is 0 Å². The normalized spacial score (nSPS) is 11.4. The van der Waals surface area contributed by atoms with Crippen molar-refractivity contribution < 1.29 is 13.2 Å². The average molecular weight is 273 g/mol. The van der Waals surface area contributed by atoms with Crippen molar-refractivity contribution in [2.75, 3.05) is 32.1 Å². The van der Waals surface area contributed by atoms with Gasteiger partial charge in [-0.25, -0.2) is 18.1 Å². The van der Waals surface area contributed by atoms with E-state index in [1.165, 1.54) is 19.4 Å².